The van der Waals surface area contributed by atoms with Gasteiger partial charge in [-0.25, -0.2) is 4.68 Å². The summed E-state index contributed by atoms with van der Waals surface area (Å²) in [7, 11) is 0. The highest BCUT2D eigenvalue weighted by atomic mass is 15.4. The Hall–Kier alpha value is -2.54. The summed E-state index contributed by atoms with van der Waals surface area (Å²) in [6, 6.07) is 9.83. The van der Waals surface area contributed by atoms with Gasteiger partial charge in [0, 0.05) is 0 Å². The Morgan fingerprint density at radius 3 is 2.81 bits per heavy atom. The fraction of sp³-hybridized carbons (Fsp3) is 0.286. The van der Waals surface area contributed by atoms with Gasteiger partial charge in [0.1, 0.15) is 5.69 Å². The molecule has 0 aliphatic heterocycles. The summed E-state index contributed by atoms with van der Waals surface area (Å²) in [5.74, 6) is 0. The van der Waals surface area contributed by atoms with Crippen molar-refractivity contribution in [3.05, 3.63) is 54.1 Å². The maximum Gasteiger partial charge on any atom is 0.106 e. The minimum absolute atomic E-state index is 0.0982. The maximum absolute atomic E-state index is 4.19. The van der Waals surface area contributed by atoms with Gasteiger partial charge in [0.15, 0.2) is 0 Å². The van der Waals surface area contributed by atoms with E-state index in [4.69, 9.17) is 0 Å². The van der Waals surface area contributed by atoms with Gasteiger partial charge in [0.2, 0.25) is 0 Å². The van der Waals surface area contributed by atoms with Crippen LogP contribution in [0.25, 0.3) is 5.69 Å². The molecule has 7 nitrogen and oxygen atoms in total. The van der Waals surface area contributed by atoms with Crippen LogP contribution in [-0.2, 0) is 0 Å². The lowest BCUT2D eigenvalue weighted by Crippen LogP contribution is -2.26. The Balaban J connectivity index is 1.99. The molecule has 2 aromatic heterocycles. The van der Waals surface area contributed by atoms with E-state index in [1.54, 1.807) is 12.4 Å². The largest absolute Gasteiger partial charge is 0.304 e. The van der Waals surface area contributed by atoms with Crippen LogP contribution in [0.2, 0.25) is 0 Å². The quantitative estimate of drug-likeness (QED) is 0.715. The second-order valence-corrected chi connectivity index (χ2v) is 4.69. The van der Waals surface area contributed by atoms with Gasteiger partial charge in [-0.2, -0.15) is 15.4 Å². The van der Waals surface area contributed by atoms with Crippen LogP contribution >= 0.6 is 0 Å². The number of H-pyrrole nitrogens is 1. The summed E-state index contributed by atoms with van der Waals surface area (Å²) < 4.78 is 1.82. The van der Waals surface area contributed by atoms with Crippen LogP contribution in [0.15, 0.2) is 42.7 Å². The molecule has 2 N–H and O–H groups in total. The fourth-order valence-electron chi connectivity index (χ4n) is 2.21. The number of aromatic amines is 1. The highest BCUT2D eigenvalue weighted by molar-refractivity contribution is 5.33. The van der Waals surface area contributed by atoms with Gasteiger partial charge in [-0.15, -0.1) is 5.10 Å². The number of para-hydroxylation sites is 1. The molecule has 2 heterocycles. The molecule has 21 heavy (non-hydrogen) atoms. The molecule has 0 bridgehead atoms. The third-order valence-electron chi connectivity index (χ3n) is 3.20. The van der Waals surface area contributed by atoms with Crippen LogP contribution in [-0.4, -0.2) is 36.9 Å². The van der Waals surface area contributed by atoms with E-state index >= 15 is 0 Å². The van der Waals surface area contributed by atoms with Gasteiger partial charge in [0.05, 0.1) is 29.8 Å². The van der Waals surface area contributed by atoms with E-state index in [0.29, 0.717) is 0 Å². The van der Waals surface area contributed by atoms with Crippen molar-refractivity contribution < 1.29 is 0 Å². The molecule has 1 unspecified atom stereocenters. The molecule has 0 saturated heterocycles. The van der Waals surface area contributed by atoms with E-state index in [9.17, 15) is 0 Å². The summed E-state index contributed by atoms with van der Waals surface area (Å²) in [6.07, 6.45) is 4.51. The lowest BCUT2D eigenvalue weighted by Gasteiger charge is -2.16. The average molecular weight is 283 g/mol. The van der Waals surface area contributed by atoms with Gasteiger partial charge < -0.3 is 5.32 Å². The van der Waals surface area contributed by atoms with Crippen molar-refractivity contribution >= 4 is 0 Å². The fourth-order valence-corrected chi connectivity index (χ4v) is 2.21. The minimum atomic E-state index is -0.0982. The van der Waals surface area contributed by atoms with E-state index in [0.717, 1.165) is 30.0 Å². The van der Waals surface area contributed by atoms with Gasteiger partial charge in [-0.05, 0) is 25.1 Å². The van der Waals surface area contributed by atoms with Gasteiger partial charge >= 0.3 is 0 Å². The SMILES string of the molecule is CCCNC(c1cn[nH]n1)c1cnnn1-c1ccccc1. The Morgan fingerprint density at radius 2 is 2.10 bits per heavy atom. The Kier molecular flexibility index (Phi) is 4.02. The topological polar surface area (TPSA) is 84.3 Å². The normalized spacial score (nSPS) is 12.4. The van der Waals surface area contributed by atoms with Crippen LogP contribution in [0.4, 0.5) is 0 Å². The standard InChI is InChI=1S/C14H17N7/c1-2-8-15-14(12-9-16-19-18-12)13-10-17-20-21(13)11-6-4-3-5-7-11/h3-7,9-10,14-15H,2,8H2,1H3,(H,16,18,19). The molecular formula is C14H17N7. The van der Waals surface area contributed by atoms with E-state index in [2.05, 4.69) is 38.0 Å². The third kappa shape index (κ3) is 2.82. The lowest BCUT2D eigenvalue weighted by molar-refractivity contribution is 0.557. The Bertz CT molecular complexity index is 660. The molecule has 0 aliphatic rings. The van der Waals surface area contributed by atoms with Crippen molar-refractivity contribution in [3.8, 4) is 5.69 Å². The van der Waals surface area contributed by atoms with Crippen molar-refractivity contribution in [1.82, 2.24) is 35.7 Å². The van der Waals surface area contributed by atoms with Gasteiger partial charge in [-0.3, -0.25) is 0 Å². The van der Waals surface area contributed by atoms with Crippen molar-refractivity contribution in [2.24, 2.45) is 0 Å². The molecule has 1 atom stereocenters. The summed E-state index contributed by atoms with van der Waals surface area (Å²) in [4.78, 5) is 0. The first-order valence-electron chi connectivity index (χ1n) is 6.95. The zero-order valence-electron chi connectivity index (χ0n) is 11.8. The third-order valence-corrected chi connectivity index (χ3v) is 3.20. The molecule has 0 spiro atoms. The molecule has 0 aliphatic carbocycles. The molecular weight excluding hydrogens is 266 g/mol. The minimum Gasteiger partial charge on any atom is -0.304 e. The average Bonchev–Trinajstić information content (AvgIpc) is 3.20. The van der Waals surface area contributed by atoms with Crippen LogP contribution < -0.4 is 5.32 Å². The van der Waals surface area contributed by atoms with E-state index in [1.807, 2.05) is 35.0 Å². The predicted molar refractivity (Wildman–Crippen MR) is 77.9 cm³/mol. The molecule has 3 rings (SSSR count). The maximum atomic E-state index is 4.19. The van der Waals surface area contributed by atoms with Crippen LogP contribution in [0.1, 0.15) is 30.8 Å². The summed E-state index contributed by atoms with van der Waals surface area (Å²) in [5, 5.41) is 22.5. The van der Waals surface area contributed by atoms with Crippen molar-refractivity contribution in [2.75, 3.05) is 6.54 Å². The van der Waals surface area contributed by atoms with Gasteiger partial charge in [-0.1, -0.05) is 30.3 Å². The first-order chi connectivity index (χ1) is 10.4. The summed E-state index contributed by atoms with van der Waals surface area (Å²) in [5.41, 5.74) is 2.73. The highest BCUT2D eigenvalue weighted by Gasteiger charge is 2.21. The second kappa shape index (κ2) is 6.27. The molecule has 0 amide bonds. The molecule has 7 heteroatoms. The van der Waals surface area contributed by atoms with Crippen LogP contribution in [0.3, 0.4) is 0 Å². The van der Waals surface area contributed by atoms with E-state index < -0.39 is 0 Å². The van der Waals surface area contributed by atoms with Crippen molar-refractivity contribution in [2.45, 2.75) is 19.4 Å². The number of benzene rings is 1. The second-order valence-electron chi connectivity index (χ2n) is 4.69. The Labute approximate surface area is 122 Å². The number of rotatable bonds is 6. The zero-order valence-corrected chi connectivity index (χ0v) is 11.8. The molecule has 108 valence electrons. The molecule has 3 aromatic rings. The van der Waals surface area contributed by atoms with Crippen LogP contribution in [0.5, 0.6) is 0 Å². The molecule has 0 saturated carbocycles. The van der Waals surface area contributed by atoms with E-state index in [1.165, 1.54) is 0 Å². The number of hydrogen-bond donors (Lipinski definition) is 2. The van der Waals surface area contributed by atoms with Crippen LogP contribution in [0, 0.1) is 0 Å². The van der Waals surface area contributed by atoms with Crippen molar-refractivity contribution in [3.63, 3.8) is 0 Å². The van der Waals surface area contributed by atoms with Gasteiger partial charge in [0.25, 0.3) is 0 Å². The highest BCUT2D eigenvalue weighted by Crippen LogP contribution is 2.21. The molecule has 0 fully saturated rings. The van der Waals surface area contributed by atoms with Crippen molar-refractivity contribution in [1.29, 1.82) is 0 Å². The Morgan fingerprint density at radius 1 is 1.24 bits per heavy atom. The van der Waals surface area contributed by atoms with E-state index in [-0.39, 0.29) is 6.04 Å². The summed E-state index contributed by atoms with van der Waals surface area (Å²) in [6.45, 7) is 3.00. The number of aromatic nitrogens is 6. The zero-order chi connectivity index (χ0) is 14.5. The molecule has 1 aromatic carbocycles. The monoisotopic (exact) mass is 283 g/mol. The number of nitrogens with one attached hydrogen (secondary N) is 2. The lowest BCUT2D eigenvalue weighted by atomic mass is 10.1. The molecule has 0 radical (unpaired) electrons. The smallest absolute Gasteiger partial charge is 0.106 e. The first-order valence-corrected chi connectivity index (χ1v) is 6.95. The first kappa shape index (κ1) is 13.4. The number of hydrogen-bond acceptors (Lipinski definition) is 5. The summed E-state index contributed by atoms with van der Waals surface area (Å²) >= 11 is 0. The number of nitrogens with zero attached hydrogens (tertiary/aromatic N) is 5. The predicted octanol–water partition coefficient (Wildman–Crippen LogP) is 1.47.